The number of hydrogen-bond acceptors (Lipinski definition) is 3. The number of aromatic nitrogens is 2. The SMILES string of the molecule is CCCn1cc(CNCc2ccc(N(C)C)cc2)c(C)n1. The van der Waals surface area contributed by atoms with E-state index in [1.54, 1.807) is 0 Å². The largest absolute Gasteiger partial charge is 0.378 e. The monoisotopic (exact) mass is 286 g/mol. The smallest absolute Gasteiger partial charge is 0.0638 e. The summed E-state index contributed by atoms with van der Waals surface area (Å²) in [6.07, 6.45) is 3.27. The van der Waals surface area contributed by atoms with Crippen molar-refractivity contribution in [3.63, 3.8) is 0 Å². The number of rotatable bonds is 7. The van der Waals surface area contributed by atoms with Gasteiger partial charge in [-0.1, -0.05) is 19.1 Å². The fourth-order valence-corrected chi connectivity index (χ4v) is 2.33. The molecule has 4 nitrogen and oxygen atoms in total. The first-order chi connectivity index (χ1) is 10.1. The summed E-state index contributed by atoms with van der Waals surface area (Å²) in [5, 5.41) is 8.02. The van der Waals surface area contributed by atoms with Crippen LogP contribution in [-0.4, -0.2) is 23.9 Å². The molecule has 0 aliphatic carbocycles. The van der Waals surface area contributed by atoms with Gasteiger partial charge in [-0.05, 0) is 31.0 Å². The summed E-state index contributed by atoms with van der Waals surface area (Å²) in [5.74, 6) is 0. The lowest BCUT2D eigenvalue weighted by molar-refractivity contribution is 0.597. The van der Waals surface area contributed by atoms with Crippen molar-refractivity contribution in [2.24, 2.45) is 0 Å². The average Bonchev–Trinajstić information content (AvgIpc) is 2.80. The Bertz CT molecular complexity index is 555. The molecule has 0 saturated carbocycles. The van der Waals surface area contributed by atoms with Crippen LogP contribution in [0.15, 0.2) is 30.5 Å². The van der Waals surface area contributed by atoms with Crippen molar-refractivity contribution in [1.29, 1.82) is 0 Å². The van der Waals surface area contributed by atoms with Gasteiger partial charge in [-0.2, -0.15) is 5.10 Å². The van der Waals surface area contributed by atoms with Gasteiger partial charge in [0.25, 0.3) is 0 Å². The third kappa shape index (κ3) is 4.33. The molecule has 21 heavy (non-hydrogen) atoms. The zero-order chi connectivity index (χ0) is 15.2. The Morgan fingerprint density at radius 3 is 2.48 bits per heavy atom. The van der Waals surface area contributed by atoms with Gasteiger partial charge in [-0.25, -0.2) is 0 Å². The molecule has 0 amide bonds. The third-order valence-electron chi connectivity index (χ3n) is 3.60. The van der Waals surface area contributed by atoms with E-state index in [4.69, 9.17) is 0 Å². The van der Waals surface area contributed by atoms with Gasteiger partial charge < -0.3 is 10.2 Å². The minimum atomic E-state index is 0.866. The molecule has 0 bridgehead atoms. The first-order valence-corrected chi connectivity index (χ1v) is 7.60. The first kappa shape index (κ1) is 15.6. The minimum Gasteiger partial charge on any atom is -0.378 e. The first-order valence-electron chi connectivity index (χ1n) is 7.60. The lowest BCUT2D eigenvalue weighted by Crippen LogP contribution is -2.13. The summed E-state index contributed by atoms with van der Waals surface area (Å²) in [5.41, 5.74) is 4.95. The maximum atomic E-state index is 4.53. The lowest BCUT2D eigenvalue weighted by atomic mass is 10.2. The Balaban J connectivity index is 1.86. The van der Waals surface area contributed by atoms with E-state index in [1.165, 1.54) is 16.8 Å². The van der Waals surface area contributed by atoms with E-state index in [0.29, 0.717) is 0 Å². The van der Waals surface area contributed by atoms with E-state index in [1.807, 2.05) is 4.68 Å². The number of nitrogens with one attached hydrogen (secondary N) is 1. The molecule has 1 heterocycles. The van der Waals surface area contributed by atoms with Gasteiger partial charge in [-0.3, -0.25) is 4.68 Å². The highest BCUT2D eigenvalue weighted by Crippen LogP contribution is 2.12. The summed E-state index contributed by atoms with van der Waals surface area (Å²) in [7, 11) is 4.12. The molecule has 0 atom stereocenters. The summed E-state index contributed by atoms with van der Waals surface area (Å²) in [4.78, 5) is 2.11. The van der Waals surface area contributed by atoms with Crippen molar-refractivity contribution in [3.8, 4) is 0 Å². The van der Waals surface area contributed by atoms with Crippen molar-refractivity contribution in [3.05, 3.63) is 47.3 Å². The molecule has 2 aromatic rings. The number of aryl methyl sites for hydroxylation is 2. The van der Waals surface area contributed by atoms with Gasteiger partial charge in [0.15, 0.2) is 0 Å². The van der Waals surface area contributed by atoms with Crippen molar-refractivity contribution < 1.29 is 0 Å². The van der Waals surface area contributed by atoms with Crippen LogP contribution in [0, 0.1) is 6.92 Å². The maximum Gasteiger partial charge on any atom is 0.0638 e. The fourth-order valence-electron chi connectivity index (χ4n) is 2.33. The highest BCUT2D eigenvalue weighted by molar-refractivity contribution is 5.45. The lowest BCUT2D eigenvalue weighted by Gasteiger charge is -2.12. The summed E-state index contributed by atoms with van der Waals surface area (Å²) >= 11 is 0. The molecule has 4 heteroatoms. The predicted octanol–water partition coefficient (Wildman–Crippen LogP) is 2.96. The number of anilines is 1. The van der Waals surface area contributed by atoms with E-state index >= 15 is 0 Å². The van der Waals surface area contributed by atoms with E-state index in [2.05, 4.69) is 73.7 Å². The molecule has 0 aliphatic heterocycles. The molecule has 1 aromatic heterocycles. The molecule has 0 saturated heterocycles. The Kier molecular flexibility index (Phi) is 5.39. The van der Waals surface area contributed by atoms with Gasteiger partial charge in [0.1, 0.15) is 0 Å². The van der Waals surface area contributed by atoms with Crippen molar-refractivity contribution in [2.75, 3.05) is 19.0 Å². The minimum absolute atomic E-state index is 0.866. The molecule has 1 N–H and O–H groups in total. The fraction of sp³-hybridized carbons (Fsp3) is 0.471. The van der Waals surface area contributed by atoms with E-state index < -0.39 is 0 Å². The number of nitrogens with zero attached hydrogens (tertiary/aromatic N) is 3. The van der Waals surface area contributed by atoms with Crippen molar-refractivity contribution in [2.45, 2.75) is 39.9 Å². The zero-order valence-corrected chi connectivity index (χ0v) is 13.6. The van der Waals surface area contributed by atoms with Crippen LogP contribution in [0.25, 0.3) is 0 Å². The van der Waals surface area contributed by atoms with Gasteiger partial charge >= 0.3 is 0 Å². The third-order valence-corrected chi connectivity index (χ3v) is 3.60. The van der Waals surface area contributed by atoms with Crippen molar-refractivity contribution in [1.82, 2.24) is 15.1 Å². The molecule has 114 valence electrons. The van der Waals surface area contributed by atoms with Crippen LogP contribution in [0.5, 0.6) is 0 Å². The van der Waals surface area contributed by atoms with Crippen molar-refractivity contribution >= 4 is 5.69 Å². The van der Waals surface area contributed by atoms with E-state index in [9.17, 15) is 0 Å². The Morgan fingerprint density at radius 1 is 1.14 bits per heavy atom. The van der Waals surface area contributed by atoms with E-state index in [0.717, 1.165) is 31.7 Å². The van der Waals surface area contributed by atoms with Gasteiger partial charge in [0.2, 0.25) is 0 Å². The predicted molar refractivity (Wildman–Crippen MR) is 88.6 cm³/mol. The van der Waals surface area contributed by atoms with Crippen LogP contribution in [0.1, 0.15) is 30.2 Å². The summed E-state index contributed by atoms with van der Waals surface area (Å²) in [6, 6.07) is 8.66. The van der Waals surface area contributed by atoms with Crippen LogP contribution in [0.3, 0.4) is 0 Å². The van der Waals surface area contributed by atoms with Gasteiger partial charge in [0, 0.05) is 51.2 Å². The van der Waals surface area contributed by atoms with Crippen LogP contribution >= 0.6 is 0 Å². The Labute approximate surface area is 127 Å². The van der Waals surface area contributed by atoms with Crippen LogP contribution in [-0.2, 0) is 19.6 Å². The molecule has 0 radical (unpaired) electrons. The van der Waals surface area contributed by atoms with Gasteiger partial charge in [0.05, 0.1) is 5.69 Å². The quantitative estimate of drug-likeness (QED) is 0.849. The summed E-state index contributed by atoms with van der Waals surface area (Å²) < 4.78 is 2.04. The highest BCUT2D eigenvalue weighted by Gasteiger charge is 2.04. The maximum absolute atomic E-state index is 4.53. The normalized spacial score (nSPS) is 10.9. The molecule has 2 rings (SSSR count). The average molecular weight is 286 g/mol. The number of benzene rings is 1. The second kappa shape index (κ2) is 7.27. The molecule has 1 aromatic carbocycles. The topological polar surface area (TPSA) is 33.1 Å². The second-order valence-electron chi connectivity index (χ2n) is 5.67. The Morgan fingerprint density at radius 2 is 1.86 bits per heavy atom. The second-order valence-corrected chi connectivity index (χ2v) is 5.67. The highest BCUT2D eigenvalue weighted by atomic mass is 15.3. The standard InChI is InChI=1S/C17H26N4/c1-5-10-21-13-16(14(2)19-21)12-18-11-15-6-8-17(9-7-15)20(3)4/h6-9,13,18H,5,10-12H2,1-4H3. The zero-order valence-electron chi connectivity index (χ0n) is 13.6. The summed E-state index contributed by atoms with van der Waals surface area (Å²) in [6.45, 7) is 6.99. The number of hydrogen-bond donors (Lipinski definition) is 1. The van der Waals surface area contributed by atoms with Crippen LogP contribution in [0.2, 0.25) is 0 Å². The molecule has 0 unspecified atom stereocenters. The molecular weight excluding hydrogens is 260 g/mol. The molecule has 0 aliphatic rings. The van der Waals surface area contributed by atoms with E-state index in [-0.39, 0.29) is 0 Å². The molecular formula is C17H26N4. The molecule has 0 spiro atoms. The Hall–Kier alpha value is -1.81. The van der Waals surface area contributed by atoms with Crippen LogP contribution < -0.4 is 10.2 Å². The van der Waals surface area contributed by atoms with Gasteiger partial charge in [-0.15, -0.1) is 0 Å². The van der Waals surface area contributed by atoms with Crippen LogP contribution in [0.4, 0.5) is 5.69 Å². The molecule has 0 fully saturated rings.